The zero-order valence-corrected chi connectivity index (χ0v) is 21.4. The number of halogens is 1. The molecule has 0 saturated heterocycles. The van der Waals surface area contributed by atoms with Gasteiger partial charge in [0.15, 0.2) is 5.96 Å². The van der Waals surface area contributed by atoms with Crippen molar-refractivity contribution in [3.8, 4) is 5.75 Å². The lowest BCUT2D eigenvalue weighted by molar-refractivity contribution is 0.301. The number of rotatable bonds is 10. The van der Waals surface area contributed by atoms with Gasteiger partial charge >= 0.3 is 0 Å². The monoisotopic (exact) mass is 548 g/mol. The quantitative estimate of drug-likeness (QED) is 0.172. The zero-order chi connectivity index (χ0) is 21.9. The van der Waals surface area contributed by atoms with E-state index in [1.807, 2.05) is 49.4 Å². The first kappa shape index (κ1) is 25.6. The summed E-state index contributed by atoms with van der Waals surface area (Å²) in [7, 11) is 0. The van der Waals surface area contributed by atoms with Crippen LogP contribution in [-0.4, -0.2) is 33.8 Å². The number of aromatic nitrogens is 3. The molecule has 3 rings (SSSR count). The van der Waals surface area contributed by atoms with Crippen LogP contribution < -0.4 is 15.4 Å². The van der Waals surface area contributed by atoms with Crippen LogP contribution in [0, 0.1) is 13.8 Å². The minimum Gasteiger partial charge on any atom is -0.487 e. The third-order valence-electron chi connectivity index (χ3n) is 4.74. The molecular weight excluding hydrogens is 515 g/mol. The number of pyridine rings is 1. The summed E-state index contributed by atoms with van der Waals surface area (Å²) in [6.45, 7) is 9.81. The molecule has 32 heavy (non-hydrogen) atoms. The van der Waals surface area contributed by atoms with Crippen molar-refractivity contribution >= 4 is 29.9 Å². The number of benzene rings is 1. The van der Waals surface area contributed by atoms with Gasteiger partial charge in [-0.2, -0.15) is 5.10 Å². The molecule has 7 nitrogen and oxygen atoms in total. The van der Waals surface area contributed by atoms with E-state index < -0.39 is 0 Å². The van der Waals surface area contributed by atoms with Crippen LogP contribution in [0.4, 0.5) is 0 Å². The van der Waals surface area contributed by atoms with Crippen molar-refractivity contribution in [2.75, 3.05) is 13.1 Å². The molecule has 172 valence electrons. The molecule has 0 saturated carbocycles. The van der Waals surface area contributed by atoms with Gasteiger partial charge in [-0.05, 0) is 63.1 Å². The third kappa shape index (κ3) is 8.49. The Labute approximate surface area is 207 Å². The number of aliphatic imine (C=N–C) groups is 1. The summed E-state index contributed by atoms with van der Waals surface area (Å²) in [5.74, 6) is 1.65. The van der Waals surface area contributed by atoms with Crippen molar-refractivity contribution in [2.45, 2.75) is 46.9 Å². The summed E-state index contributed by atoms with van der Waals surface area (Å²) in [6.07, 6.45) is 2.75. The molecule has 8 heteroatoms. The van der Waals surface area contributed by atoms with Crippen molar-refractivity contribution in [1.82, 2.24) is 25.4 Å². The molecule has 0 atom stereocenters. The van der Waals surface area contributed by atoms with E-state index in [1.54, 1.807) is 6.20 Å². The largest absolute Gasteiger partial charge is 0.487 e. The maximum atomic E-state index is 5.79. The van der Waals surface area contributed by atoms with Crippen LogP contribution >= 0.6 is 24.0 Å². The van der Waals surface area contributed by atoms with E-state index in [2.05, 4.69) is 45.3 Å². The van der Waals surface area contributed by atoms with E-state index >= 15 is 0 Å². The van der Waals surface area contributed by atoms with Crippen LogP contribution in [0.25, 0.3) is 0 Å². The van der Waals surface area contributed by atoms with Gasteiger partial charge < -0.3 is 15.4 Å². The molecule has 0 aliphatic rings. The van der Waals surface area contributed by atoms with Crippen molar-refractivity contribution in [1.29, 1.82) is 0 Å². The van der Waals surface area contributed by atoms with Gasteiger partial charge in [0, 0.05) is 31.5 Å². The Bertz CT molecular complexity index is 956. The molecule has 0 amide bonds. The molecule has 0 unspecified atom stereocenters. The van der Waals surface area contributed by atoms with Gasteiger partial charge in [0.25, 0.3) is 0 Å². The number of nitrogens with one attached hydrogen (secondary N) is 2. The maximum absolute atomic E-state index is 5.79. The minimum atomic E-state index is 0. The predicted octanol–water partition coefficient (Wildman–Crippen LogP) is 4.24. The second kappa shape index (κ2) is 13.7. The second-order valence-electron chi connectivity index (χ2n) is 7.38. The standard InChI is InChI=1S/C24H32N6O.HI/c1-4-25-24(27-14-7-15-30-20(3)16-19(2)29-30)28-17-21-9-11-23(12-10-21)31-18-22-8-5-6-13-26-22;/h5-6,8-13,16H,4,7,14-15,17-18H2,1-3H3,(H2,25,27,28);1H. The number of hydrogen-bond donors (Lipinski definition) is 2. The SMILES string of the molecule is CCNC(=NCc1ccc(OCc2ccccn2)cc1)NCCCn1nc(C)cc1C.I. The van der Waals surface area contributed by atoms with Crippen molar-refractivity contribution in [3.05, 3.63) is 77.4 Å². The van der Waals surface area contributed by atoms with Gasteiger partial charge in [-0.25, -0.2) is 4.99 Å². The molecule has 3 aromatic rings. The lowest BCUT2D eigenvalue weighted by atomic mass is 10.2. The number of hydrogen-bond acceptors (Lipinski definition) is 4. The molecule has 1 aromatic carbocycles. The lowest BCUT2D eigenvalue weighted by Gasteiger charge is -2.12. The molecule has 2 heterocycles. The Morgan fingerprint density at radius 2 is 1.91 bits per heavy atom. The van der Waals surface area contributed by atoms with E-state index in [-0.39, 0.29) is 24.0 Å². The molecule has 0 aliphatic heterocycles. The van der Waals surface area contributed by atoms with Crippen molar-refractivity contribution in [3.63, 3.8) is 0 Å². The Morgan fingerprint density at radius 3 is 2.56 bits per heavy atom. The molecule has 0 aliphatic carbocycles. The van der Waals surface area contributed by atoms with Crippen LogP contribution in [0.5, 0.6) is 5.75 Å². The van der Waals surface area contributed by atoms with Crippen LogP contribution in [0.2, 0.25) is 0 Å². The van der Waals surface area contributed by atoms with Gasteiger partial charge in [-0.15, -0.1) is 24.0 Å². The van der Waals surface area contributed by atoms with E-state index in [1.165, 1.54) is 5.69 Å². The average molecular weight is 548 g/mol. The smallest absolute Gasteiger partial charge is 0.191 e. The first-order valence-electron chi connectivity index (χ1n) is 10.8. The zero-order valence-electron chi connectivity index (χ0n) is 19.0. The molecule has 0 fully saturated rings. The fourth-order valence-corrected chi connectivity index (χ4v) is 3.18. The van der Waals surface area contributed by atoms with Crippen LogP contribution in [0.3, 0.4) is 0 Å². The molecule has 2 N–H and O–H groups in total. The topological polar surface area (TPSA) is 76.4 Å². The number of aryl methyl sites for hydroxylation is 3. The first-order chi connectivity index (χ1) is 15.1. The highest BCUT2D eigenvalue weighted by atomic mass is 127. The highest BCUT2D eigenvalue weighted by molar-refractivity contribution is 14.0. The fraction of sp³-hybridized carbons (Fsp3) is 0.375. The van der Waals surface area contributed by atoms with E-state index in [4.69, 9.17) is 9.73 Å². The molecule has 0 bridgehead atoms. The fourth-order valence-electron chi connectivity index (χ4n) is 3.18. The Balaban J connectivity index is 0.00000363. The summed E-state index contributed by atoms with van der Waals surface area (Å²) in [4.78, 5) is 8.96. The first-order valence-corrected chi connectivity index (χ1v) is 10.8. The summed E-state index contributed by atoms with van der Waals surface area (Å²) in [6, 6.07) is 16.0. The van der Waals surface area contributed by atoms with Gasteiger partial charge in [-0.1, -0.05) is 18.2 Å². The normalized spacial score (nSPS) is 11.0. The van der Waals surface area contributed by atoms with Gasteiger partial charge in [0.1, 0.15) is 12.4 Å². The van der Waals surface area contributed by atoms with Gasteiger partial charge in [-0.3, -0.25) is 9.67 Å². The Kier molecular flexibility index (Phi) is 11.0. The lowest BCUT2D eigenvalue weighted by Crippen LogP contribution is -2.38. The Hall–Kier alpha value is -2.62. The third-order valence-corrected chi connectivity index (χ3v) is 4.74. The second-order valence-corrected chi connectivity index (χ2v) is 7.38. The van der Waals surface area contributed by atoms with Crippen LogP contribution in [-0.2, 0) is 19.7 Å². The highest BCUT2D eigenvalue weighted by Crippen LogP contribution is 2.14. The van der Waals surface area contributed by atoms with Crippen LogP contribution in [0.1, 0.15) is 36.0 Å². The molecular formula is C24H33IN6O. The van der Waals surface area contributed by atoms with E-state index in [9.17, 15) is 0 Å². The number of guanidine groups is 1. The average Bonchev–Trinajstić information content (AvgIpc) is 3.11. The summed E-state index contributed by atoms with van der Waals surface area (Å²) >= 11 is 0. The number of ether oxygens (including phenoxy) is 1. The van der Waals surface area contributed by atoms with E-state index in [0.29, 0.717) is 13.2 Å². The minimum absolute atomic E-state index is 0. The van der Waals surface area contributed by atoms with E-state index in [0.717, 1.165) is 54.7 Å². The maximum Gasteiger partial charge on any atom is 0.191 e. The van der Waals surface area contributed by atoms with Gasteiger partial charge in [0.05, 0.1) is 17.9 Å². The number of nitrogens with zero attached hydrogens (tertiary/aromatic N) is 4. The summed E-state index contributed by atoms with van der Waals surface area (Å²) < 4.78 is 7.85. The van der Waals surface area contributed by atoms with Crippen molar-refractivity contribution < 1.29 is 4.74 Å². The molecule has 2 aromatic heterocycles. The van der Waals surface area contributed by atoms with Crippen LogP contribution in [0.15, 0.2) is 59.7 Å². The highest BCUT2D eigenvalue weighted by Gasteiger charge is 2.02. The van der Waals surface area contributed by atoms with Crippen molar-refractivity contribution in [2.24, 2.45) is 4.99 Å². The summed E-state index contributed by atoms with van der Waals surface area (Å²) in [5.41, 5.74) is 4.31. The Morgan fingerprint density at radius 1 is 1.09 bits per heavy atom. The predicted molar refractivity (Wildman–Crippen MR) is 140 cm³/mol. The summed E-state index contributed by atoms with van der Waals surface area (Å²) in [5, 5.41) is 11.2. The van der Waals surface area contributed by atoms with Gasteiger partial charge in [0.2, 0.25) is 0 Å². The molecule has 0 radical (unpaired) electrons. The molecule has 0 spiro atoms.